The summed E-state index contributed by atoms with van der Waals surface area (Å²) in [6.45, 7) is 1.26. The summed E-state index contributed by atoms with van der Waals surface area (Å²) in [4.78, 5) is 98.3. The lowest BCUT2D eigenvalue weighted by Gasteiger charge is -2.32. The van der Waals surface area contributed by atoms with Gasteiger partial charge in [-0.05, 0) is 54.7 Å². The third-order valence-electron chi connectivity index (χ3n) is 12.4. The van der Waals surface area contributed by atoms with Gasteiger partial charge in [0.05, 0.1) is 26.4 Å². The van der Waals surface area contributed by atoms with Crippen molar-refractivity contribution < 1.29 is 47.8 Å². The van der Waals surface area contributed by atoms with E-state index in [0.29, 0.717) is 48.5 Å². The van der Waals surface area contributed by atoms with Crippen molar-refractivity contribution in [1.29, 1.82) is 0 Å². The molecule has 68 heavy (non-hydrogen) atoms. The Morgan fingerprint density at radius 1 is 0.765 bits per heavy atom. The van der Waals surface area contributed by atoms with E-state index in [-0.39, 0.29) is 114 Å². The number of fused-ring (bicyclic) bond motifs is 4. The Morgan fingerprint density at radius 2 is 1.51 bits per heavy atom. The summed E-state index contributed by atoms with van der Waals surface area (Å²) in [5.74, 6) is -1.89. The number of hydrogen-bond acceptors (Lipinski definition) is 11. The second-order valence-electron chi connectivity index (χ2n) is 17.2. The van der Waals surface area contributed by atoms with Crippen LogP contribution in [0.2, 0.25) is 0 Å². The standard InChI is InChI=1S/C51H55N7O10/c59-42(54-40-20-12-19-38-39(40)31-58(49(38)64)41-22-23-43(60)55-47(41)63)21-8-3-11-24-52-45(62)33-67-28-27-66-26-25-53-44(61)32-57-30-36-17-9-10-18-37(36)46-51(50(57)65,29-34-13-4-1-5-14-34)56-48(68-46)35-15-6-2-7-16-35/h1-2,4-7,9-10,12-20,41,46H,3,8,11,21-33H2,(H,52,62)(H,53,61)(H,54,59)(H,55,60,63)/t41?,46-,51-/m0/s1. The second kappa shape index (κ2) is 22.0. The number of hydrogen-bond donors (Lipinski definition) is 4. The second-order valence-corrected chi connectivity index (χ2v) is 17.2. The third kappa shape index (κ3) is 11.1. The van der Waals surface area contributed by atoms with Gasteiger partial charge in [-0.15, -0.1) is 0 Å². The monoisotopic (exact) mass is 925 g/mol. The van der Waals surface area contributed by atoms with Gasteiger partial charge in [-0.1, -0.05) is 85.3 Å². The van der Waals surface area contributed by atoms with Crippen LogP contribution in [0.5, 0.6) is 0 Å². The van der Waals surface area contributed by atoms with Crippen LogP contribution in [-0.4, -0.2) is 115 Å². The predicted octanol–water partition coefficient (Wildman–Crippen LogP) is 3.75. The van der Waals surface area contributed by atoms with Gasteiger partial charge in [-0.25, -0.2) is 4.99 Å². The van der Waals surface area contributed by atoms with E-state index in [1.165, 1.54) is 4.90 Å². The Kier molecular flexibility index (Phi) is 15.3. The van der Waals surface area contributed by atoms with Gasteiger partial charge in [0.15, 0.2) is 11.6 Å². The number of ether oxygens (including phenoxy) is 3. The number of benzene rings is 4. The number of nitrogens with zero attached hydrogens (tertiary/aromatic N) is 3. The molecule has 4 N–H and O–H groups in total. The fourth-order valence-electron chi connectivity index (χ4n) is 9.06. The number of amides is 7. The molecule has 4 heterocycles. The topological polar surface area (TPSA) is 214 Å². The molecule has 0 aromatic heterocycles. The largest absolute Gasteiger partial charge is 0.466 e. The Balaban J connectivity index is 0.706. The average molecular weight is 926 g/mol. The summed E-state index contributed by atoms with van der Waals surface area (Å²) >= 11 is 0. The molecule has 0 bridgehead atoms. The molecule has 17 heteroatoms. The zero-order valence-corrected chi connectivity index (χ0v) is 37.7. The Bertz CT molecular complexity index is 2550. The molecule has 1 saturated heterocycles. The summed E-state index contributed by atoms with van der Waals surface area (Å²) in [5.41, 5.74) is 3.67. The molecule has 3 atom stereocenters. The first-order valence-corrected chi connectivity index (χ1v) is 23.1. The van der Waals surface area contributed by atoms with Gasteiger partial charge in [-0.2, -0.15) is 0 Å². The molecule has 0 spiro atoms. The van der Waals surface area contributed by atoms with E-state index in [2.05, 4.69) is 21.3 Å². The fourth-order valence-corrected chi connectivity index (χ4v) is 9.06. The maximum absolute atomic E-state index is 14.8. The quantitative estimate of drug-likeness (QED) is 0.0702. The van der Waals surface area contributed by atoms with Crippen LogP contribution in [0.4, 0.5) is 5.69 Å². The van der Waals surface area contributed by atoms with Gasteiger partial charge in [0.2, 0.25) is 35.4 Å². The minimum Gasteiger partial charge on any atom is -0.466 e. The summed E-state index contributed by atoms with van der Waals surface area (Å²) in [6.07, 6.45) is 2.20. The molecule has 1 unspecified atom stereocenters. The first kappa shape index (κ1) is 47.3. The predicted molar refractivity (Wildman–Crippen MR) is 249 cm³/mol. The first-order valence-electron chi connectivity index (χ1n) is 23.1. The van der Waals surface area contributed by atoms with Gasteiger partial charge < -0.3 is 40.0 Å². The van der Waals surface area contributed by atoms with E-state index < -0.39 is 23.6 Å². The maximum Gasteiger partial charge on any atom is 0.256 e. The number of rotatable bonds is 21. The average Bonchev–Trinajstić information content (AvgIpc) is 3.87. The molecule has 4 aliphatic heterocycles. The van der Waals surface area contributed by atoms with E-state index in [1.54, 1.807) is 23.1 Å². The summed E-state index contributed by atoms with van der Waals surface area (Å²) in [6, 6.07) is 31.3. The van der Waals surface area contributed by atoms with Gasteiger partial charge in [0.25, 0.3) is 11.8 Å². The van der Waals surface area contributed by atoms with Crippen molar-refractivity contribution in [2.45, 2.75) is 75.7 Å². The molecule has 4 aromatic carbocycles. The van der Waals surface area contributed by atoms with E-state index in [4.69, 9.17) is 19.2 Å². The van der Waals surface area contributed by atoms with E-state index in [1.807, 2.05) is 84.9 Å². The molecule has 0 radical (unpaired) electrons. The van der Waals surface area contributed by atoms with Crippen LogP contribution in [0.1, 0.15) is 82.8 Å². The van der Waals surface area contributed by atoms with Crippen LogP contribution in [-0.2, 0) is 62.5 Å². The molecular formula is C51H55N7O10. The van der Waals surface area contributed by atoms with Crippen molar-refractivity contribution in [1.82, 2.24) is 25.8 Å². The van der Waals surface area contributed by atoms with E-state index in [0.717, 1.165) is 22.3 Å². The molecule has 0 saturated carbocycles. The Morgan fingerprint density at radius 3 is 2.32 bits per heavy atom. The minimum absolute atomic E-state index is 0.144. The van der Waals surface area contributed by atoms with Gasteiger partial charge in [0.1, 0.15) is 12.6 Å². The SMILES string of the molecule is O=C(COCCOCCNC(=O)CN1Cc2ccccc2[C@@H]2OC(c3ccccc3)=N[C@]2(Cc2ccccc2)C1=O)NCCCCCC(=O)Nc1cccc2c1CN(C1CCC(=O)NC1=O)C2=O. The molecule has 0 aliphatic carbocycles. The zero-order valence-electron chi connectivity index (χ0n) is 37.7. The third-order valence-corrected chi connectivity index (χ3v) is 12.4. The highest BCUT2D eigenvalue weighted by Crippen LogP contribution is 2.46. The highest BCUT2D eigenvalue weighted by Gasteiger charge is 2.57. The molecule has 4 aliphatic rings. The van der Waals surface area contributed by atoms with Crippen molar-refractivity contribution >= 4 is 52.9 Å². The smallest absolute Gasteiger partial charge is 0.256 e. The zero-order chi connectivity index (χ0) is 47.5. The first-order chi connectivity index (χ1) is 33.1. The number of carbonyl (C=O) groups is 7. The van der Waals surface area contributed by atoms with E-state index in [9.17, 15) is 33.6 Å². The summed E-state index contributed by atoms with van der Waals surface area (Å²) in [5, 5.41) is 10.9. The van der Waals surface area contributed by atoms with Crippen molar-refractivity contribution in [3.63, 3.8) is 0 Å². The van der Waals surface area contributed by atoms with Gasteiger partial charge in [0, 0.05) is 73.4 Å². The molecule has 17 nitrogen and oxygen atoms in total. The summed E-state index contributed by atoms with van der Waals surface area (Å²) < 4.78 is 17.7. The van der Waals surface area contributed by atoms with Crippen LogP contribution < -0.4 is 21.3 Å². The molecule has 7 amide bonds. The van der Waals surface area contributed by atoms with Gasteiger partial charge >= 0.3 is 0 Å². The van der Waals surface area contributed by atoms with Crippen molar-refractivity contribution in [2.24, 2.45) is 4.99 Å². The van der Waals surface area contributed by atoms with Crippen LogP contribution in [0, 0.1) is 0 Å². The molecular weight excluding hydrogens is 871 g/mol. The fraction of sp³-hybridized carbons (Fsp3) is 0.373. The molecule has 354 valence electrons. The number of nitrogens with one attached hydrogen (secondary N) is 4. The number of carbonyl (C=O) groups excluding carboxylic acids is 7. The highest BCUT2D eigenvalue weighted by molar-refractivity contribution is 6.07. The van der Waals surface area contributed by atoms with Gasteiger partial charge in [-0.3, -0.25) is 38.9 Å². The molecule has 1 fully saturated rings. The van der Waals surface area contributed by atoms with Crippen molar-refractivity contribution in [3.8, 4) is 0 Å². The van der Waals surface area contributed by atoms with E-state index >= 15 is 0 Å². The number of anilines is 1. The van der Waals surface area contributed by atoms with Crippen LogP contribution in [0.3, 0.4) is 0 Å². The lowest BCUT2D eigenvalue weighted by Crippen LogP contribution is -2.52. The molecule has 8 rings (SSSR count). The Labute approximate surface area is 394 Å². The van der Waals surface area contributed by atoms with Crippen LogP contribution >= 0.6 is 0 Å². The van der Waals surface area contributed by atoms with Crippen LogP contribution in [0.25, 0.3) is 0 Å². The van der Waals surface area contributed by atoms with Crippen molar-refractivity contribution in [2.75, 3.05) is 51.4 Å². The van der Waals surface area contributed by atoms with Crippen LogP contribution in [0.15, 0.2) is 108 Å². The number of unbranched alkanes of at least 4 members (excludes halogenated alkanes) is 2. The Hall–Kier alpha value is -7.24. The number of aliphatic imine (C=N–C) groups is 1. The van der Waals surface area contributed by atoms with Crippen molar-refractivity contribution in [3.05, 3.63) is 137 Å². The summed E-state index contributed by atoms with van der Waals surface area (Å²) in [7, 11) is 0. The highest BCUT2D eigenvalue weighted by atomic mass is 16.5. The maximum atomic E-state index is 14.8. The normalized spacial score (nSPS) is 19.5. The lowest BCUT2D eigenvalue weighted by molar-refractivity contribution is -0.143. The number of piperidine rings is 1. The number of imide groups is 1. The molecule has 4 aromatic rings. The lowest BCUT2D eigenvalue weighted by atomic mass is 9.81. The minimum atomic E-state index is -1.34.